The van der Waals surface area contributed by atoms with Crippen LogP contribution in [0, 0.1) is 29.1 Å². The molecular weight excluding hydrogens is 366 g/mol. The largest absolute Gasteiger partial charge is 0.392 e. The van der Waals surface area contributed by atoms with Crippen LogP contribution in [0.2, 0.25) is 0 Å². The Kier molecular flexibility index (Phi) is 4.05. The predicted molar refractivity (Wildman–Crippen MR) is 120 cm³/mol. The summed E-state index contributed by atoms with van der Waals surface area (Å²) in [6.07, 6.45) is 8.23. The van der Waals surface area contributed by atoms with Crippen LogP contribution in [0.4, 0.5) is 0 Å². The molecule has 30 heavy (non-hydrogen) atoms. The van der Waals surface area contributed by atoms with Crippen LogP contribution in [-0.4, -0.2) is 5.11 Å². The highest BCUT2D eigenvalue weighted by molar-refractivity contribution is 5.88. The number of aliphatic hydroxyl groups excluding tert-OH is 1. The molecule has 0 amide bonds. The highest BCUT2D eigenvalue weighted by atomic mass is 16.3. The van der Waals surface area contributed by atoms with E-state index in [9.17, 15) is 5.11 Å². The van der Waals surface area contributed by atoms with Crippen molar-refractivity contribution in [1.82, 2.24) is 0 Å². The van der Waals surface area contributed by atoms with Gasteiger partial charge in [0, 0.05) is 0 Å². The molecule has 0 unspecified atom stereocenters. The van der Waals surface area contributed by atoms with E-state index in [0.717, 1.165) is 34.1 Å². The summed E-state index contributed by atoms with van der Waals surface area (Å²) in [4.78, 5) is 0. The SMILES string of the molecule is N#Cc1ccc2cc(-c3ccc(CO)c(C45CC6CC(CC(C6)C4)C5)c3)ccc2c1. The second-order valence-electron chi connectivity index (χ2n) is 10.1. The maximum absolute atomic E-state index is 10.1. The molecule has 4 bridgehead atoms. The smallest absolute Gasteiger partial charge is 0.0991 e. The lowest BCUT2D eigenvalue weighted by atomic mass is 9.47. The molecule has 4 saturated carbocycles. The average Bonchev–Trinajstić information content (AvgIpc) is 2.77. The van der Waals surface area contributed by atoms with Crippen molar-refractivity contribution in [2.24, 2.45) is 17.8 Å². The topological polar surface area (TPSA) is 44.0 Å². The van der Waals surface area contributed by atoms with E-state index in [-0.39, 0.29) is 12.0 Å². The molecule has 0 radical (unpaired) electrons. The number of nitriles is 1. The number of fused-ring (bicyclic) bond motifs is 1. The monoisotopic (exact) mass is 393 g/mol. The van der Waals surface area contributed by atoms with Crippen molar-refractivity contribution in [2.75, 3.05) is 0 Å². The fourth-order valence-corrected chi connectivity index (χ4v) is 7.32. The molecule has 4 aliphatic carbocycles. The van der Waals surface area contributed by atoms with Crippen molar-refractivity contribution >= 4 is 10.8 Å². The number of benzene rings is 3. The zero-order valence-electron chi connectivity index (χ0n) is 17.3. The number of aliphatic hydroxyl groups is 1. The first-order valence-corrected chi connectivity index (χ1v) is 11.3. The minimum atomic E-state index is 0.131. The van der Waals surface area contributed by atoms with Crippen LogP contribution in [-0.2, 0) is 12.0 Å². The van der Waals surface area contributed by atoms with E-state index in [2.05, 4.69) is 42.5 Å². The molecule has 150 valence electrons. The summed E-state index contributed by atoms with van der Waals surface area (Å²) >= 11 is 0. The van der Waals surface area contributed by atoms with Crippen LogP contribution < -0.4 is 0 Å². The van der Waals surface area contributed by atoms with Crippen LogP contribution in [0.1, 0.15) is 55.2 Å². The molecule has 0 saturated heterocycles. The molecule has 3 aromatic rings. The van der Waals surface area contributed by atoms with Crippen molar-refractivity contribution in [3.8, 4) is 17.2 Å². The van der Waals surface area contributed by atoms with Gasteiger partial charge in [-0.1, -0.05) is 36.4 Å². The highest BCUT2D eigenvalue weighted by Gasteiger charge is 2.52. The minimum Gasteiger partial charge on any atom is -0.392 e. The van der Waals surface area contributed by atoms with Crippen molar-refractivity contribution in [2.45, 2.75) is 50.5 Å². The van der Waals surface area contributed by atoms with Crippen LogP contribution >= 0.6 is 0 Å². The summed E-state index contributed by atoms with van der Waals surface area (Å²) in [5, 5.41) is 21.6. The number of hydrogen-bond acceptors (Lipinski definition) is 2. The standard InChI is InChI=1S/C28H27NO/c29-16-18-1-2-23-11-24(4-3-22(23)10-18)25-5-6-26(17-30)27(12-25)28-13-19-7-20(14-28)9-21(8-19)15-28/h1-6,10-12,19-21,30H,7-9,13-15,17H2. The molecule has 2 heteroatoms. The van der Waals surface area contributed by atoms with E-state index in [1.165, 1.54) is 55.2 Å². The fraction of sp³-hybridized carbons (Fsp3) is 0.393. The Morgan fingerprint density at radius 2 is 1.40 bits per heavy atom. The third kappa shape index (κ3) is 2.80. The lowest BCUT2D eigenvalue weighted by molar-refractivity contribution is -0.00600. The minimum absolute atomic E-state index is 0.131. The number of hydrogen-bond donors (Lipinski definition) is 1. The molecule has 0 spiro atoms. The first-order chi connectivity index (χ1) is 14.7. The molecule has 4 aliphatic rings. The van der Waals surface area contributed by atoms with E-state index >= 15 is 0 Å². The Morgan fingerprint density at radius 1 is 0.800 bits per heavy atom. The van der Waals surface area contributed by atoms with Crippen molar-refractivity contribution in [3.63, 3.8) is 0 Å². The quantitative estimate of drug-likeness (QED) is 0.564. The van der Waals surface area contributed by atoms with Gasteiger partial charge in [-0.15, -0.1) is 0 Å². The second kappa shape index (κ2) is 6.69. The maximum Gasteiger partial charge on any atom is 0.0991 e. The van der Waals surface area contributed by atoms with Crippen LogP contribution in [0.5, 0.6) is 0 Å². The zero-order valence-corrected chi connectivity index (χ0v) is 17.3. The summed E-state index contributed by atoms with van der Waals surface area (Å²) in [5.74, 6) is 2.67. The Bertz CT molecular complexity index is 1150. The molecule has 1 N–H and O–H groups in total. The molecule has 3 aromatic carbocycles. The summed E-state index contributed by atoms with van der Waals surface area (Å²) in [5.41, 5.74) is 5.97. The van der Waals surface area contributed by atoms with Gasteiger partial charge in [-0.25, -0.2) is 0 Å². The Hall–Kier alpha value is -2.63. The Morgan fingerprint density at radius 3 is 2.07 bits per heavy atom. The Balaban J connectivity index is 1.44. The van der Waals surface area contributed by atoms with Gasteiger partial charge < -0.3 is 5.11 Å². The Labute approximate surface area is 178 Å². The van der Waals surface area contributed by atoms with Gasteiger partial charge >= 0.3 is 0 Å². The van der Waals surface area contributed by atoms with E-state index in [1.54, 1.807) is 0 Å². The van der Waals surface area contributed by atoms with Crippen molar-refractivity contribution < 1.29 is 5.11 Å². The molecule has 0 heterocycles. The third-order valence-electron chi connectivity index (χ3n) is 8.19. The van der Waals surface area contributed by atoms with Crippen molar-refractivity contribution in [1.29, 1.82) is 5.26 Å². The van der Waals surface area contributed by atoms with Crippen LogP contribution in [0.3, 0.4) is 0 Å². The highest BCUT2D eigenvalue weighted by Crippen LogP contribution is 2.61. The maximum atomic E-state index is 10.1. The van der Waals surface area contributed by atoms with E-state index in [1.807, 2.05) is 18.2 Å². The normalized spacial score (nSPS) is 29.3. The number of rotatable bonds is 3. The average molecular weight is 394 g/mol. The molecule has 4 fully saturated rings. The van der Waals surface area contributed by atoms with Gasteiger partial charge in [0.05, 0.1) is 18.2 Å². The third-order valence-corrected chi connectivity index (χ3v) is 8.19. The molecule has 0 aromatic heterocycles. The summed E-state index contributed by atoms with van der Waals surface area (Å²) in [6, 6.07) is 21.3. The van der Waals surface area contributed by atoms with E-state index < -0.39 is 0 Å². The number of nitrogens with zero attached hydrogens (tertiary/aromatic N) is 1. The molecule has 7 rings (SSSR count). The van der Waals surface area contributed by atoms with Gasteiger partial charge in [-0.2, -0.15) is 5.26 Å². The zero-order chi connectivity index (χ0) is 20.3. The molecule has 0 atom stereocenters. The van der Waals surface area contributed by atoms with Crippen molar-refractivity contribution in [3.05, 3.63) is 71.3 Å². The lowest BCUT2D eigenvalue weighted by Gasteiger charge is -2.57. The molecule has 2 nitrogen and oxygen atoms in total. The fourth-order valence-electron chi connectivity index (χ4n) is 7.32. The lowest BCUT2D eigenvalue weighted by Crippen LogP contribution is -2.49. The van der Waals surface area contributed by atoms with Gasteiger partial charge in [0.15, 0.2) is 0 Å². The van der Waals surface area contributed by atoms with Gasteiger partial charge in [-0.05, 0) is 113 Å². The van der Waals surface area contributed by atoms with E-state index in [0.29, 0.717) is 5.56 Å². The van der Waals surface area contributed by atoms with Gasteiger partial charge in [0.25, 0.3) is 0 Å². The van der Waals surface area contributed by atoms with Crippen LogP contribution in [0.15, 0.2) is 54.6 Å². The summed E-state index contributed by atoms with van der Waals surface area (Å²) in [6.45, 7) is 0.131. The molecule has 0 aliphatic heterocycles. The van der Waals surface area contributed by atoms with Crippen LogP contribution in [0.25, 0.3) is 21.9 Å². The van der Waals surface area contributed by atoms with E-state index in [4.69, 9.17) is 5.26 Å². The first kappa shape index (κ1) is 18.2. The molecular formula is C28H27NO. The van der Waals surface area contributed by atoms with Gasteiger partial charge in [-0.3, -0.25) is 0 Å². The van der Waals surface area contributed by atoms with Gasteiger partial charge in [0.1, 0.15) is 0 Å². The second-order valence-corrected chi connectivity index (χ2v) is 10.1. The summed E-state index contributed by atoms with van der Waals surface area (Å²) in [7, 11) is 0. The first-order valence-electron chi connectivity index (χ1n) is 11.3. The summed E-state index contributed by atoms with van der Waals surface area (Å²) < 4.78 is 0. The predicted octanol–water partition coefficient (Wildman–Crippen LogP) is 6.34. The van der Waals surface area contributed by atoms with Gasteiger partial charge in [0.2, 0.25) is 0 Å².